The Balaban J connectivity index is 1.77. The monoisotopic (exact) mass is 278 g/mol. The molecule has 0 aliphatic carbocycles. The lowest BCUT2D eigenvalue weighted by Crippen LogP contribution is -2.06. The smallest absolute Gasteiger partial charge is 0.137 e. The van der Waals surface area contributed by atoms with Crippen LogP contribution >= 0.6 is 11.6 Å². The number of hydrogen-bond donors (Lipinski definition) is 1. The second kappa shape index (κ2) is 6.73. The molecule has 0 bridgehead atoms. The lowest BCUT2D eigenvalue weighted by molar-refractivity contribution is 0.183. The standard InChI is InChI=1S/C15H19ClN2O/c1-12(19)15-17-9-11-18(15)10-3-2-4-13-5-7-14(16)8-6-13/h5-9,11-12,19H,2-4,10H2,1H3. The van der Waals surface area contributed by atoms with Crippen molar-refractivity contribution in [2.45, 2.75) is 38.8 Å². The van der Waals surface area contributed by atoms with E-state index in [1.54, 1.807) is 13.1 Å². The van der Waals surface area contributed by atoms with Crippen molar-refractivity contribution in [3.63, 3.8) is 0 Å². The van der Waals surface area contributed by atoms with Crippen molar-refractivity contribution in [1.82, 2.24) is 9.55 Å². The van der Waals surface area contributed by atoms with Crippen molar-refractivity contribution >= 4 is 11.6 Å². The number of imidazole rings is 1. The minimum Gasteiger partial charge on any atom is -0.385 e. The molecule has 0 aliphatic rings. The first kappa shape index (κ1) is 14.1. The lowest BCUT2D eigenvalue weighted by atomic mass is 10.1. The summed E-state index contributed by atoms with van der Waals surface area (Å²) in [5.41, 5.74) is 1.31. The molecule has 3 nitrogen and oxygen atoms in total. The summed E-state index contributed by atoms with van der Waals surface area (Å²) in [6, 6.07) is 8.00. The third-order valence-corrected chi connectivity index (χ3v) is 3.40. The van der Waals surface area contributed by atoms with Crippen LogP contribution < -0.4 is 0 Å². The van der Waals surface area contributed by atoms with Gasteiger partial charge in [0, 0.05) is 24.0 Å². The third kappa shape index (κ3) is 4.08. The van der Waals surface area contributed by atoms with Crippen LogP contribution in [0.2, 0.25) is 5.02 Å². The zero-order valence-corrected chi connectivity index (χ0v) is 11.8. The Morgan fingerprint density at radius 2 is 2.00 bits per heavy atom. The Morgan fingerprint density at radius 1 is 1.26 bits per heavy atom. The van der Waals surface area contributed by atoms with Gasteiger partial charge in [-0.1, -0.05) is 23.7 Å². The minimum atomic E-state index is -0.508. The van der Waals surface area contributed by atoms with Gasteiger partial charge in [0.1, 0.15) is 11.9 Å². The SMILES string of the molecule is CC(O)c1nccn1CCCCc1ccc(Cl)cc1. The largest absolute Gasteiger partial charge is 0.385 e. The van der Waals surface area contributed by atoms with E-state index < -0.39 is 6.10 Å². The van der Waals surface area contributed by atoms with Gasteiger partial charge in [-0.25, -0.2) is 4.98 Å². The first-order valence-corrected chi connectivity index (χ1v) is 6.98. The van der Waals surface area contributed by atoms with Crippen LogP contribution in [-0.4, -0.2) is 14.7 Å². The van der Waals surface area contributed by atoms with Crippen LogP contribution in [0.4, 0.5) is 0 Å². The number of aliphatic hydroxyl groups is 1. The van der Waals surface area contributed by atoms with Crippen LogP contribution in [0.3, 0.4) is 0 Å². The zero-order chi connectivity index (χ0) is 13.7. The van der Waals surface area contributed by atoms with Gasteiger partial charge in [-0.05, 0) is 43.9 Å². The number of halogens is 1. The summed E-state index contributed by atoms with van der Waals surface area (Å²) in [6.45, 7) is 2.64. The average Bonchev–Trinajstić information content (AvgIpc) is 2.85. The molecule has 0 radical (unpaired) electrons. The molecule has 0 fully saturated rings. The molecule has 4 heteroatoms. The molecule has 0 spiro atoms. The van der Waals surface area contributed by atoms with E-state index in [9.17, 15) is 5.11 Å². The zero-order valence-electron chi connectivity index (χ0n) is 11.1. The Labute approximate surface area is 118 Å². The van der Waals surface area contributed by atoms with Crippen LogP contribution in [0.1, 0.15) is 37.3 Å². The molecule has 1 N–H and O–H groups in total. The number of unbranched alkanes of at least 4 members (excludes halogenated alkanes) is 1. The van der Waals surface area contributed by atoms with Crippen LogP contribution in [0, 0.1) is 0 Å². The van der Waals surface area contributed by atoms with Crippen LogP contribution in [0.5, 0.6) is 0 Å². The van der Waals surface area contributed by atoms with Gasteiger partial charge < -0.3 is 9.67 Å². The summed E-state index contributed by atoms with van der Waals surface area (Å²) in [4.78, 5) is 4.16. The highest BCUT2D eigenvalue weighted by Gasteiger charge is 2.07. The van der Waals surface area contributed by atoms with Crippen molar-refractivity contribution < 1.29 is 5.11 Å². The van der Waals surface area contributed by atoms with Crippen LogP contribution in [-0.2, 0) is 13.0 Å². The number of aromatic nitrogens is 2. The van der Waals surface area contributed by atoms with E-state index in [4.69, 9.17) is 11.6 Å². The topological polar surface area (TPSA) is 38.1 Å². The summed E-state index contributed by atoms with van der Waals surface area (Å²) >= 11 is 5.85. The summed E-state index contributed by atoms with van der Waals surface area (Å²) in [6.07, 6.45) is 6.38. The van der Waals surface area contributed by atoms with Crippen molar-refractivity contribution in [2.75, 3.05) is 0 Å². The molecular formula is C15H19ClN2O. The number of nitrogens with zero attached hydrogens (tertiary/aromatic N) is 2. The predicted octanol–water partition coefficient (Wildman–Crippen LogP) is 3.61. The number of benzene rings is 1. The Kier molecular flexibility index (Phi) is 5.00. The van der Waals surface area contributed by atoms with E-state index in [1.165, 1.54) is 5.56 Å². The van der Waals surface area contributed by atoms with Gasteiger partial charge in [0.15, 0.2) is 0 Å². The van der Waals surface area contributed by atoms with Gasteiger partial charge in [-0.2, -0.15) is 0 Å². The number of aliphatic hydroxyl groups excluding tert-OH is 1. The molecule has 0 amide bonds. The molecule has 1 heterocycles. The first-order valence-electron chi connectivity index (χ1n) is 6.60. The van der Waals surface area contributed by atoms with E-state index >= 15 is 0 Å². The first-order chi connectivity index (χ1) is 9.16. The van der Waals surface area contributed by atoms with Gasteiger partial charge in [-0.3, -0.25) is 0 Å². The maximum atomic E-state index is 9.56. The lowest BCUT2D eigenvalue weighted by Gasteiger charge is -2.09. The van der Waals surface area contributed by atoms with E-state index in [0.29, 0.717) is 0 Å². The molecule has 1 aromatic heterocycles. The molecule has 0 aliphatic heterocycles. The van der Waals surface area contributed by atoms with Gasteiger partial charge in [-0.15, -0.1) is 0 Å². The molecule has 2 aromatic rings. The second-order valence-corrected chi connectivity index (χ2v) is 5.17. The second-order valence-electron chi connectivity index (χ2n) is 4.74. The van der Waals surface area contributed by atoms with E-state index in [-0.39, 0.29) is 0 Å². The number of hydrogen-bond acceptors (Lipinski definition) is 2. The minimum absolute atomic E-state index is 0.508. The highest BCUT2D eigenvalue weighted by atomic mass is 35.5. The van der Waals surface area contributed by atoms with Gasteiger partial charge in [0.2, 0.25) is 0 Å². The fourth-order valence-corrected chi connectivity index (χ4v) is 2.27. The summed E-state index contributed by atoms with van der Waals surface area (Å²) < 4.78 is 2.02. The molecule has 0 saturated carbocycles. The summed E-state index contributed by atoms with van der Waals surface area (Å²) in [5, 5.41) is 10.3. The van der Waals surface area contributed by atoms with Crippen LogP contribution in [0.25, 0.3) is 0 Å². The Hall–Kier alpha value is -1.32. The summed E-state index contributed by atoms with van der Waals surface area (Å²) in [7, 11) is 0. The number of aryl methyl sites for hydroxylation is 2. The predicted molar refractivity (Wildman–Crippen MR) is 77.3 cm³/mol. The molecule has 102 valence electrons. The highest BCUT2D eigenvalue weighted by molar-refractivity contribution is 6.30. The van der Waals surface area contributed by atoms with Crippen molar-refractivity contribution in [2.24, 2.45) is 0 Å². The van der Waals surface area contributed by atoms with Crippen LogP contribution in [0.15, 0.2) is 36.7 Å². The molecule has 19 heavy (non-hydrogen) atoms. The maximum absolute atomic E-state index is 9.56. The molecule has 1 atom stereocenters. The molecule has 2 rings (SSSR count). The van der Waals surface area contributed by atoms with Crippen molar-refractivity contribution in [3.05, 3.63) is 53.1 Å². The highest BCUT2D eigenvalue weighted by Crippen LogP contribution is 2.13. The molecular weight excluding hydrogens is 260 g/mol. The Bertz CT molecular complexity index is 505. The molecule has 1 aromatic carbocycles. The fraction of sp³-hybridized carbons (Fsp3) is 0.400. The van der Waals surface area contributed by atoms with Crippen molar-refractivity contribution in [3.8, 4) is 0 Å². The van der Waals surface area contributed by atoms with E-state index in [1.807, 2.05) is 22.9 Å². The molecule has 0 saturated heterocycles. The normalized spacial score (nSPS) is 12.6. The fourth-order valence-electron chi connectivity index (χ4n) is 2.14. The average molecular weight is 279 g/mol. The quantitative estimate of drug-likeness (QED) is 0.820. The van der Waals surface area contributed by atoms with E-state index in [2.05, 4.69) is 17.1 Å². The number of rotatable bonds is 6. The maximum Gasteiger partial charge on any atom is 0.137 e. The van der Waals surface area contributed by atoms with Crippen molar-refractivity contribution in [1.29, 1.82) is 0 Å². The molecule has 1 unspecified atom stereocenters. The van der Waals surface area contributed by atoms with E-state index in [0.717, 1.165) is 36.7 Å². The Morgan fingerprint density at radius 3 is 2.68 bits per heavy atom. The van der Waals surface area contributed by atoms with Gasteiger partial charge in [0.05, 0.1) is 0 Å². The summed E-state index contributed by atoms with van der Waals surface area (Å²) in [5.74, 6) is 0.742. The van der Waals surface area contributed by atoms with Gasteiger partial charge in [0.25, 0.3) is 0 Å². The third-order valence-electron chi connectivity index (χ3n) is 3.15. The van der Waals surface area contributed by atoms with Gasteiger partial charge >= 0.3 is 0 Å².